The third-order valence-electron chi connectivity index (χ3n) is 3.39. The van der Waals surface area contributed by atoms with Crippen molar-refractivity contribution in [3.8, 4) is 0 Å². The van der Waals surface area contributed by atoms with Crippen LogP contribution in [0.3, 0.4) is 0 Å². The molecule has 1 atom stereocenters. The Morgan fingerprint density at radius 1 is 1.05 bits per heavy atom. The molecule has 0 spiro atoms. The standard InChI is InChI=1S/C15H22.H3O3P/c1-14(2,3)12-8-7-10-9-11(12)13(10)15(4,5)6;1-4(2)3/h7-9,13H,1-6H3;4H,(H2,1,2,3). The van der Waals surface area contributed by atoms with Gasteiger partial charge in [-0.2, -0.15) is 0 Å². The predicted molar refractivity (Wildman–Crippen MR) is 79.9 cm³/mol. The maximum atomic E-state index is 8.74. The van der Waals surface area contributed by atoms with Crippen molar-refractivity contribution in [1.82, 2.24) is 0 Å². The van der Waals surface area contributed by atoms with Gasteiger partial charge in [-0.25, -0.2) is 0 Å². The average molecular weight is 284 g/mol. The molecule has 2 aliphatic rings. The fraction of sp³-hybridized carbons (Fsp3) is 0.600. The maximum Gasteiger partial charge on any atom is 0.314 e. The predicted octanol–water partition coefficient (Wildman–Crippen LogP) is 3.84. The summed E-state index contributed by atoms with van der Waals surface area (Å²) in [5, 5.41) is 0. The largest absolute Gasteiger partial charge is 0.326 e. The molecule has 1 unspecified atom stereocenters. The summed E-state index contributed by atoms with van der Waals surface area (Å²) in [6.45, 7) is 13.9. The zero-order valence-electron chi connectivity index (χ0n) is 12.6. The molecule has 2 bridgehead atoms. The van der Waals surface area contributed by atoms with Gasteiger partial charge < -0.3 is 9.79 Å². The highest BCUT2D eigenvalue weighted by atomic mass is 31.1. The normalized spacial score (nSPS) is 17.6. The SMILES string of the molecule is CC(C)(C)c1ccc2cc1C2C(C)(C)C.O=[PH](O)O. The van der Waals surface area contributed by atoms with Crippen LogP contribution >= 0.6 is 8.25 Å². The summed E-state index contributed by atoms with van der Waals surface area (Å²) >= 11 is 0. The van der Waals surface area contributed by atoms with Crippen molar-refractivity contribution in [2.75, 3.05) is 0 Å². The molecule has 0 fully saturated rings. The molecular formula is C15H25O3P. The molecule has 0 amide bonds. The Labute approximate surface area is 116 Å². The molecule has 4 heteroatoms. The van der Waals surface area contributed by atoms with Gasteiger partial charge in [-0.3, -0.25) is 4.57 Å². The van der Waals surface area contributed by atoms with Gasteiger partial charge in [0.05, 0.1) is 0 Å². The van der Waals surface area contributed by atoms with Gasteiger partial charge in [-0.1, -0.05) is 59.7 Å². The van der Waals surface area contributed by atoms with Crippen LogP contribution in [0.5, 0.6) is 0 Å². The van der Waals surface area contributed by atoms with E-state index in [0.29, 0.717) is 11.3 Å². The monoisotopic (exact) mass is 284 g/mol. The van der Waals surface area contributed by atoms with E-state index in [-0.39, 0.29) is 5.41 Å². The molecule has 3 nitrogen and oxygen atoms in total. The van der Waals surface area contributed by atoms with E-state index in [0.717, 1.165) is 0 Å². The second kappa shape index (κ2) is 5.40. The Balaban J connectivity index is 0.000000399. The highest BCUT2D eigenvalue weighted by molar-refractivity contribution is 7.30. The van der Waals surface area contributed by atoms with E-state index in [1.807, 2.05) is 0 Å². The highest BCUT2D eigenvalue weighted by Crippen LogP contribution is 2.50. The Morgan fingerprint density at radius 3 is 1.84 bits per heavy atom. The van der Waals surface area contributed by atoms with Crippen molar-refractivity contribution in [3.63, 3.8) is 0 Å². The lowest BCUT2D eigenvalue weighted by atomic mass is 9.62. The van der Waals surface area contributed by atoms with Gasteiger partial charge in [-0.05, 0) is 27.5 Å². The quantitative estimate of drug-likeness (QED) is 0.712. The Bertz CT molecular complexity index is 473. The molecule has 0 heterocycles. The minimum atomic E-state index is -3.13. The van der Waals surface area contributed by atoms with Crippen molar-refractivity contribution < 1.29 is 14.4 Å². The molecule has 0 radical (unpaired) electrons. The van der Waals surface area contributed by atoms with E-state index in [1.54, 1.807) is 5.56 Å². The summed E-state index contributed by atoms with van der Waals surface area (Å²) in [7, 11) is -3.13. The first-order chi connectivity index (χ1) is 8.44. The van der Waals surface area contributed by atoms with Crippen molar-refractivity contribution in [1.29, 1.82) is 0 Å². The van der Waals surface area contributed by atoms with Gasteiger partial charge in [0.15, 0.2) is 0 Å². The van der Waals surface area contributed by atoms with E-state index in [2.05, 4.69) is 59.7 Å². The maximum absolute atomic E-state index is 8.74. The van der Waals surface area contributed by atoms with Crippen LogP contribution in [0.2, 0.25) is 0 Å². The van der Waals surface area contributed by atoms with Crippen molar-refractivity contribution in [3.05, 3.63) is 34.9 Å². The fourth-order valence-electron chi connectivity index (χ4n) is 2.73. The summed E-state index contributed by atoms with van der Waals surface area (Å²) in [6, 6.07) is 6.99. The highest BCUT2D eigenvalue weighted by Gasteiger charge is 2.38. The molecule has 0 saturated heterocycles. The van der Waals surface area contributed by atoms with Gasteiger partial charge in [0.2, 0.25) is 0 Å². The van der Waals surface area contributed by atoms with Crippen molar-refractivity contribution in [2.24, 2.45) is 5.41 Å². The minimum Gasteiger partial charge on any atom is -0.326 e. The molecule has 0 aliphatic heterocycles. The molecule has 2 N–H and O–H groups in total. The van der Waals surface area contributed by atoms with Crippen LogP contribution in [0.15, 0.2) is 18.2 Å². The van der Waals surface area contributed by atoms with Gasteiger partial charge in [0.25, 0.3) is 0 Å². The van der Waals surface area contributed by atoms with Gasteiger partial charge in [0.1, 0.15) is 0 Å². The zero-order chi connectivity index (χ0) is 15.0. The molecular weight excluding hydrogens is 259 g/mol. The molecule has 0 saturated carbocycles. The van der Waals surface area contributed by atoms with Crippen LogP contribution in [0.4, 0.5) is 0 Å². The average Bonchev–Trinajstić information content (AvgIpc) is 2.12. The molecule has 1 aromatic rings. The van der Waals surface area contributed by atoms with E-state index in [4.69, 9.17) is 14.4 Å². The van der Waals surface area contributed by atoms with Crippen LogP contribution in [0.1, 0.15) is 64.2 Å². The Kier molecular flexibility index (Phi) is 4.66. The molecule has 3 rings (SSSR count). The van der Waals surface area contributed by atoms with E-state index < -0.39 is 8.25 Å². The number of benzene rings is 1. The third kappa shape index (κ3) is 3.92. The second-order valence-corrected chi connectivity index (χ2v) is 7.74. The van der Waals surface area contributed by atoms with Crippen LogP contribution < -0.4 is 0 Å². The van der Waals surface area contributed by atoms with Gasteiger partial charge in [0, 0.05) is 5.92 Å². The smallest absolute Gasteiger partial charge is 0.314 e. The Morgan fingerprint density at radius 2 is 1.53 bits per heavy atom. The van der Waals surface area contributed by atoms with Crippen LogP contribution in [-0.4, -0.2) is 9.79 Å². The molecule has 0 aromatic heterocycles. The molecule has 19 heavy (non-hydrogen) atoms. The number of fused-ring (bicyclic) bond motifs is 2. The number of hydrogen-bond donors (Lipinski definition) is 2. The van der Waals surface area contributed by atoms with E-state index in [9.17, 15) is 0 Å². The van der Waals surface area contributed by atoms with Crippen LogP contribution in [0, 0.1) is 5.41 Å². The van der Waals surface area contributed by atoms with E-state index >= 15 is 0 Å². The first kappa shape index (κ1) is 16.4. The van der Waals surface area contributed by atoms with Crippen molar-refractivity contribution >= 4 is 8.25 Å². The lowest BCUT2D eigenvalue weighted by Gasteiger charge is -2.42. The summed E-state index contributed by atoms with van der Waals surface area (Å²) < 4.78 is 8.74. The first-order valence-corrected chi connectivity index (χ1v) is 7.81. The summed E-state index contributed by atoms with van der Waals surface area (Å²) in [5.41, 5.74) is 5.26. The van der Waals surface area contributed by atoms with E-state index in [1.165, 1.54) is 11.1 Å². The summed E-state index contributed by atoms with van der Waals surface area (Å²) in [4.78, 5) is 14.3. The third-order valence-corrected chi connectivity index (χ3v) is 3.39. The molecule has 108 valence electrons. The minimum absolute atomic E-state index is 0.276. The lowest BCUT2D eigenvalue weighted by molar-refractivity contribution is 0.339. The van der Waals surface area contributed by atoms with Gasteiger partial charge in [-0.15, -0.1) is 0 Å². The van der Waals surface area contributed by atoms with Gasteiger partial charge >= 0.3 is 8.25 Å². The first-order valence-electron chi connectivity index (χ1n) is 6.51. The summed E-state index contributed by atoms with van der Waals surface area (Å²) in [6.07, 6.45) is 0. The second-order valence-electron chi connectivity index (χ2n) is 7.18. The van der Waals surface area contributed by atoms with Crippen molar-refractivity contribution in [2.45, 2.75) is 52.9 Å². The Hall–Kier alpha value is -0.630. The van der Waals surface area contributed by atoms with Crippen LogP contribution in [-0.2, 0) is 9.98 Å². The number of rotatable bonds is 0. The zero-order valence-corrected chi connectivity index (χ0v) is 13.6. The summed E-state index contributed by atoms with van der Waals surface area (Å²) in [5.74, 6) is 0.664. The topological polar surface area (TPSA) is 57.5 Å². The lowest BCUT2D eigenvalue weighted by Crippen LogP contribution is -2.30. The number of hydrogen-bond acceptors (Lipinski definition) is 1. The molecule has 2 aliphatic carbocycles. The fourth-order valence-corrected chi connectivity index (χ4v) is 2.73. The molecule has 1 aromatic carbocycles. The van der Waals surface area contributed by atoms with Crippen LogP contribution in [0.25, 0.3) is 0 Å².